The SMILES string of the molecule is CCOC1CC(CC(N)c2ccc(Br)c3ccccc23)C1. The van der Waals surface area contributed by atoms with Crippen LogP contribution in [0.4, 0.5) is 0 Å². The van der Waals surface area contributed by atoms with Crippen molar-refractivity contribution >= 4 is 26.7 Å². The fourth-order valence-electron chi connectivity index (χ4n) is 3.33. The summed E-state index contributed by atoms with van der Waals surface area (Å²) in [6, 6.07) is 12.8. The van der Waals surface area contributed by atoms with Crippen LogP contribution in [0.15, 0.2) is 40.9 Å². The molecule has 0 bridgehead atoms. The molecule has 1 fully saturated rings. The van der Waals surface area contributed by atoms with Crippen LogP contribution >= 0.6 is 15.9 Å². The van der Waals surface area contributed by atoms with Crippen LogP contribution in [0.2, 0.25) is 0 Å². The zero-order chi connectivity index (χ0) is 14.8. The van der Waals surface area contributed by atoms with Crippen LogP contribution < -0.4 is 5.73 Å². The maximum Gasteiger partial charge on any atom is 0.0580 e. The molecule has 3 rings (SSSR count). The molecule has 0 saturated heterocycles. The van der Waals surface area contributed by atoms with Crippen molar-refractivity contribution in [2.75, 3.05) is 6.61 Å². The van der Waals surface area contributed by atoms with Gasteiger partial charge in [-0.25, -0.2) is 0 Å². The number of nitrogens with two attached hydrogens (primary N) is 1. The minimum absolute atomic E-state index is 0.107. The lowest BCUT2D eigenvalue weighted by molar-refractivity contribution is -0.0281. The maximum atomic E-state index is 6.48. The Balaban J connectivity index is 1.74. The summed E-state index contributed by atoms with van der Waals surface area (Å²) in [5.74, 6) is 0.707. The molecule has 1 unspecified atom stereocenters. The summed E-state index contributed by atoms with van der Waals surface area (Å²) in [6.07, 6.45) is 3.84. The molecule has 0 radical (unpaired) electrons. The molecule has 0 amide bonds. The predicted octanol–water partition coefficient (Wildman–Crippen LogP) is 4.81. The van der Waals surface area contributed by atoms with Crippen molar-refractivity contribution in [1.29, 1.82) is 0 Å². The van der Waals surface area contributed by atoms with Gasteiger partial charge < -0.3 is 10.5 Å². The molecule has 0 aromatic heterocycles. The minimum Gasteiger partial charge on any atom is -0.378 e. The van der Waals surface area contributed by atoms with E-state index in [9.17, 15) is 0 Å². The van der Waals surface area contributed by atoms with E-state index in [1.807, 2.05) is 0 Å². The summed E-state index contributed by atoms with van der Waals surface area (Å²) in [6.45, 7) is 2.88. The standard InChI is InChI=1S/C18H22BrNO/c1-2-21-13-9-12(10-13)11-18(20)16-7-8-17(19)15-6-4-3-5-14(15)16/h3-8,12-13,18H,2,9-11,20H2,1H3. The Hall–Kier alpha value is -0.900. The Kier molecular flexibility index (Phi) is 4.63. The van der Waals surface area contributed by atoms with Crippen LogP contribution in [0.5, 0.6) is 0 Å². The Labute approximate surface area is 134 Å². The molecule has 2 aromatic rings. The second-order valence-electron chi connectivity index (χ2n) is 5.94. The molecule has 0 spiro atoms. The lowest BCUT2D eigenvalue weighted by atomic mass is 9.77. The van der Waals surface area contributed by atoms with E-state index < -0.39 is 0 Å². The van der Waals surface area contributed by atoms with Gasteiger partial charge >= 0.3 is 0 Å². The molecule has 1 aliphatic carbocycles. The third-order valence-electron chi connectivity index (χ3n) is 4.49. The van der Waals surface area contributed by atoms with Gasteiger partial charge in [-0.05, 0) is 54.5 Å². The first kappa shape index (κ1) is 15.0. The molecule has 112 valence electrons. The van der Waals surface area contributed by atoms with E-state index in [0.29, 0.717) is 12.0 Å². The van der Waals surface area contributed by atoms with E-state index in [2.05, 4.69) is 59.3 Å². The first-order valence-electron chi connectivity index (χ1n) is 7.73. The van der Waals surface area contributed by atoms with Crippen LogP contribution in [-0.4, -0.2) is 12.7 Å². The molecule has 1 saturated carbocycles. The van der Waals surface area contributed by atoms with Crippen LogP contribution in [0.1, 0.15) is 37.8 Å². The number of hydrogen-bond acceptors (Lipinski definition) is 2. The zero-order valence-corrected chi connectivity index (χ0v) is 14.0. The highest BCUT2D eigenvalue weighted by Gasteiger charge is 2.31. The van der Waals surface area contributed by atoms with Crippen molar-refractivity contribution in [3.05, 3.63) is 46.4 Å². The number of hydrogen-bond donors (Lipinski definition) is 1. The summed E-state index contributed by atoms with van der Waals surface area (Å²) in [5.41, 5.74) is 7.74. The average molecular weight is 348 g/mol. The van der Waals surface area contributed by atoms with E-state index in [-0.39, 0.29) is 6.04 Å². The highest BCUT2D eigenvalue weighted by atomic mass is 79.9. The van der Waals surface area contributed by atoms with Gasteiger partial charge in [0.05, 0.1) is 6.10 Å². The number of benzene rings is 2. The molecular weight excluding hydrogens is 326 g/mol. The minimum atomic E-state index is 0.107. The molecule has 0 heterocycles. The fourth-order valence-corrected chi connectivity index (χ4v) is 3.81. The third kappa shape index (κ3) is 3.15. The van der Waals surface area contributed by atoms with Crippen molar-refractivity contribution in [2.24, 2.45) is 11.7 Å². The van der Waals surface area contributed by atoms with Crippen LogP contribution in [0.3, 0.4) is 0 Å². The molecule has 0 aliphatic heterocycles. The Morgan fingerprint density at radius 1 is 1.19 bits per heavy atom. The number of fused-ring (bicyclic) bond motifs is 1. The lowest BCUT2D eigenvalue weighted by Crippen LogP contribution is -2.33. The normalized spacial score (nSPS) is 23.0. The summed E-state index contributed by atoms with van der Waals surface area (Å²) in [4.78, 5) is 0. The first-order valence-corrected chi connectivity index (χ1v) is 8.52. The molecule has 21 heavy (non-hydrogen) atoms. The second kappa shape index (κ2) is 6.47. The van der Waals surface area contributed by atoms with Gasteiger partial charge in [0.25, 0.3) is 0 Å². The van der Waals surface area contributed by atoms with Crippen molar-refractivity contribution < 1.29 is 4.74 Å². The number of halogens is 1. The van der Waals surface area contributed by atoms with Gasteiger partial charge in [0, 0.05) is 17.1 Å². The Morgan fingerprint density at radius 2 is 1.90 bits per heavy atom. The third-order valence-corrected chi connectivity index (χ3v) is 5.18. The summed E-state index contributed by atoms with van der Waals surface area (Å²) in [5, 5.41) is 2.51. The van der Waals surface area contributed by atoms with Gasteiger partial charge in [-0.3, -0.25) is 0 Å². The molecule has 1 atom stereocenters. The topological polar surface area (TPSA) is 35.2 Å². The molecule has 1 aliphatic rings. The lowest BCUT2D eigenvalue weighted by Gasteiger charge is -2.36. The second-order valence-corrected chi connectivity index (χ2v) is 6.79. The fraction of sp³-hybridized carbons (Fsp3) is 0.444. The largest absolute Gasteiger partial charge is 0.378 e. The van der Waals surface area contributed by atoms with Gasteiger partial charge in [-0.2, -0.15) is 0 Å². The van der Waals surface area contributed by atoms with Gasteiger partial charge in [0.1, 0.15) is 0 Å². The van der Waals surface area contributed by atoms with Crippen LogP contribution in [0.25, 0.3) is 10.8 Å². The monoisotopic (exact) mass is 347 g/mol. The molecule has 2 nitrogen and oxygen atoms in total. The highest BCUT2D eigenvalue weighted by Crippen LogP contribution is 2.38. The van der Waals surface area contributed by atoms with Crippen LogP contribution in [0, 0.1) is 5.92 Å². The zero-order valence-electron chi connectivity index (χ0n) is 12.4. The van der Waals surface area contributed by atoms with E-state index in [1.54, 1.807) is 0 Å². The quantitative estimate of drug-likeness (QED) is 0.842. The Bertz CT molecular complexity index is 622. The highest BCUT2D eigenvalue weighted by molar-refractivity contribution is 9.10. The van der Waals surface area contributed by atoms with Crippen molar-refractivity contribution in [3.8, 4) is 0 Å². The van der Waals surface area contributed by atoms with Gasteiger partial charge in [0.15, 0.2) is 0 Å². The van der Waals surface area contributed by atoms with Gasteiger partial charge in [-0.1, -0.05) is 46.3 Å². The van der Waals surface area contributed by atoms with Gasteiger partial charge in [-0.15, -0.1) is 0 Å². The summed E-state index contributed by atoms with van der Waals surface area (Å²) in [7, 11) is 0. The van der Waals surface area contributed by atoms with Crippen molar-refractivity contribution in [3.63, 3.8) is 0 Å². The van der Waals surface area contributed by atoms with E-state index in [0.717, 1.165) is 30.3 Å². The summed E-state index contributed by atoms with van der Waals surface area (Å²) >= 11 is 3.62. The predicted molar refractivity (Wildman–Crippen MR) is 91.3 cm³/mol. The molecule has 3 heteroatoms. The molecule has 2 N–H and O–H groups in total. The number of rotatable bonds is 5. The van der Waals surface area contributed by atoms with E-state index >= 15 is 0 Å². The molecular formula is C18H22BrNO. The first-order chi connectivity index (χ1) is 10.2. The van der Waals surface area contributed by atoms with E-state index in [1.165, 1.54) is 16.3 Å². The van der Waals surface area contributed by atoms with Crippen molar-refractivity contribution in [2.45, 2.75) is 38.3 Å². The number of ether oxygens (including phenoxy) is 1. The Morgan fingerprint density at radius 3 is 2.62 bits per heavy atom. The van der Waals surface area contributed by atoms with Crippen molar-refractivity contribution in [1.82, 2.24) is 0 Å². The molecule has 2 aromatic carbocycles. The average Bonchev–Trinajstić information content (AvgIpc) is 2.45. The smallest absolute Gasteiger partial charge is 0.0580 e. The summed E-state index contributed by atoms with van der Waals surface area (Å²) < 4.78 is 6.77. The maximum absolute atomic E-state index is 6.48. The van der Waals surface area contributed by atoms with E-state index in [4.69, 9.17) is 10.5 Å². The van der Waals surface area contributed by atoms with Gasteiger partial charge in [0.2, 0.25) is 0 Å². The van der Waals surface area contributed by atoms with Crippen LogP contribution in [-0.2, 0) is 4.74 Å².